The second-order valence-corrected chi connectivity index (χ2v) is 10.1. The van der Waals surface area contributed by atoms with Gasteiger partial charge in [-0.15, -0.1) is 0 Å². The van der Waals surface area contributed by atoms with Gasteiger partial charge in [0, 0.05) is 30.2 Å². The second kappa shape index (κ2) is 10.9. The van der Waals surface area contributed by atoms with Crippen molar-refractivity contribution >= 4 is 45.0 Å². The number of rotatable bonds is 9. The molecular formula is C21H25Cl2N3O4S. The van der Waals surface area contributed by atoms with Crippen molar-refractivity contribution < 1.29 is 18.0 Å². The van der Waals surface area contributed by atoms with E-state index in [1.165, 1.54) is 11.9 Å². The van der Waals surface area contributed by atoms with Gasteiger partial charge in [-0.1, -0.05) is 53.5 Å². The SMILES string of the molecule is CC(C(=O)NCc1ccccc1Cl)N(Cc1ccc(Cl)cc1)C(=O)CN(C)S(C)(=O)=O. The van der Waals surface area contributed by atoms with Crippen molar-refractivity contribution in [2.24, 2.45) is 0 Å². The first-order valence-electron chi connectivity index (χ1n) is 9.45. The van der Waals surface area contributed by atoms with E-state index in [0.717, 1.165) is 21.7 Å². The van der Waals surface area contributed by atoms with E-state index in [1.807, 2.05) is 6.07 Å². The van der Waals surface area contributed by atoms with E-state index in [1.54, 1.807) is 49.4 Å². The summed E-state index contributed by atoms with van der Waals surface area (Å²) in [5, 5.41) is 3.86. The topological polar surface area (TPSA) is 86.8 Å². The Morgan fingerprint density at radius 2 is 1.68 bits per heavy atom. The number of nitrogens with zero attached hydrogens (tertiary/aromatic N) is 2. The van der Waals surface area contributed by atoms with Crippen molar-refractivity contribution in [1.82, 2.24) is 14.5 Å². The maximum absolute atomic E-state index is 12.9. The number of amides is 2. The number of likely N-dealkylation sites (N-methyl/N-ethyl adjacent to an activating group) is 1. The summed E-state index contributed by atoms with van der Waals surface area (Å²) in [5.74, 6) is -0.882. The molecule has 0 spiro atoms. The van der Waals surface area contributed by atoms with E-state index in [0.29, 0.717) is 10.0 Å². The van der Waals surface area contributed by atoms with Crippen molar-refractivity contribution in [2.75, 3.05) is 19.8 Å². The fourth-order valence-corrected chi connectivity index (χ4v) is 3.41. The molecule has 1 atom stereocenters. The molecule has 0 aliphatic rings. The molecule has 10 heteroatoms. The van der Waals surface area contributed by atoms with Crippen molar-refractivity contribution in [2.45, 2.75) is 26.1 Å². The third-order valence-corrected chi connectivity index (χ3v) is 6.65. The molecule has 2 amide bonds. The van der Waals surface area contributed by atoms with E-state index in [4.69, 9.17) is 23.2 Å². The van der Waals surface area contributed by atoms with Crippen molar-refractivity contribution in [3.05, 3.63) is 69.7 Å². The predicted molar refractivity (Wildman–Crippen MR) is 122 cm³/mol. The molecule has 1 unspecified atom stereocenters. The van der Waals surface area contributed by atoms with Crippen LogP contribution in [0.25, 0.3) is 0 Å². The van der Waals surface area contributed by atoms with Crippen molar-refractivity contribution in [1.29, 1.82) is 0 Å². The van der Waals surface area contributed by atoms with Crippen molar-refractivity contribution in [3.8, 4) is 0 Å². The van der Waals surface area contributed by atoms with Gasteiger partial charge in [-0.05, 0) is 36.2 Å². The molecule has 0 aliphatic carbocycles. The Hall–Kier alpha value is -2.13. The smallest absolute Gasteiger partial charge is 0.242 e. The van der Waals surface area contributed by atoms with Crippen LogP contribution in [0.5, 0.6) is 0 Å². The van der Waals surface area contributed by atoms with Crippen LogP contribution in [0.2, 0.25) is 10.0 Å². The largest absolute Gasteiger partial charge is 0.350 e. The molecule has 168 valence electrons. The van der Waals surface area contributed by atoms with E-state index in [2.05, 4.69) is 5.32 Å². The van der Waals surface area contributed by atoms with Crippen LogP contribution < -0.4 is 5.32 Å². The first-order chi connectivity index (χ1) is 14.5. The summed E-state index contributed by atoms with van der Waals surface area (Å²) in [6.07, 6.45) is 1.02. The van der Waals surface area contributed by atoms with Gasteiger partial charge < -0.3 is 10.2 Å². The molecule has 0 saturated carbocycles. The van der Waals surface area contributed by atoms with Gasteiger partial charge in [0.15, 0.2) is 0 Å². The summed E-state index contributed by atoms with van der Waals surface area (Å²) in [7, 11) is -2.24. The molecule has 0 radical (unpaired) electrons. The number of halogens is 2. The molecule has 1 N–H and O–H groups in total. The van der Waals surface area contributed by atoms with Crippen LogP contribution in [-0.2, 0) is 32.7 Å². The van der Waals surface area contributed by atoms with Gasteiger partial charge in [-0.25, -0.2) is 8.42 Å². The molecule has 2 aromatic rings. The molecule has 7 nitrogen and oxygen atoms in total. The van der Waals surface area contributed by atoms with E-state index in [9.17, 15) is 18.0 Å². The van der Waals surface area contributed by atoms with E-state index >= 15 is 0 Å². The highest BCUT2D eigenvalue weighted by atomic mass is 35.5. The fourth-order valence-electron chi connectivity index (χ4n) is 2.74. The van der Waals surface area contributed by atoms with Crippen LogP contribution in [-0.4, -0.2) is 55.3 Å². The summed E-state index contributed by atoms with van der Waals surface area (Å²) in [4.78, 5) is 27.1. The van der Waals surface area contributed by atoms with Crippen LogP contribution in [0.1, 0.15) is 18.1 Å². The Kier molecular flexibility index (Phi) is 8.88. The fraction of sp³-hybridized carbons (Fsp3) is 0.333. The van der Waals surface area contributed by atoms with Gasteiger partial charge in [0.1, 0.15) is 6.04 Å². The highest BCUT2D eigenvalue weighted by molar-refractivity contribution is 7.88. The molecular weight excluding hydrogens is 461 g/mol. The zero-order valence-electron chi connectivity index (χ0n) is 17.5. The Balaban J connectivity index is 2.18. The van der Waals surface area contributed by atoms with E-state index in [-0.39, 0.29) is 25.5 Å². The lowest BCUT2D eigenvalue weighted by Crippen LogP contribution is -2.50. The minimum Gasteiger partial charge on any atom is -0.350 e. The lowest BCUT2D eigenvalue weighted by Gasteiger charge is -2.30. The number of carbonyl (C=O) groups is 2. The number of sulfonamides is 1. The lowest BCUT2D eigenvalue weighted by molar-refractivity contribution is -0.140. The summed E-state index contributed by atoms with van der Waals surface area (Å²) < 4.78 is 24.4. The Morgan fingerprint density at radius 1 is 1.06 bits per heavy atom. The van der Waals surface area contributed by atoms with Gasteiger partial charge in [0.2, 0.25) is 21.8 Å². The minimum absolute atomic E-state index is 0.119. The Labute approximate surface area is 193 Å². The summed E-state index contributed by atoms with van der Waals surface area (Å²) >= 11 is 12.1. The number of benzene rings is 2. The lowest BCUT2D eigenvalue weighted by atomic mass is 10.1. The molecule has 0 aliphatic heterocycles. The second-order valence-electron chi connectivity index (χ2n) is 7.15. The zero-order valence-corrected chi connectivity index (χ0v) is 19.8. The quantitative estimate of drug-likeness (QED) is 0.591. The van der Waals surface area contributed by atoms with Crippen LogP contribution >= 0.6 is 23.2 Å². The van der Waals surface area contributed by atoms with Crippen LogP contribution in [0.3, 0.4) is 0 Å². The summed E-state index contributed by atoms with van der Waals surface area (Å²) in [6, 6.07) is 13.1. The maximum Gasteiger partial charge on any atom is 0.242 e. The van der Waals surface area contributed by atoms with Gasteiger partial charge >= 0.3 is 0 Å². The first-order valence-corrected chi connectivity index (χ1v) is 12.1. The predicted octanol–water partition coefficient (Wildman–Crippen LogP) is 2.92. The van der Waals surface area contributed by atoms with Gasteiger partial charge in [-0.2, -0.15) is 4.31 Å². The van der Waals surface area contributed by atoms with Crippen molar-refractivity contribution in [3.63, 3.8) is 0 Å². The van der Waals surface area contributed by atoms with Gasteiger partial charge in [0.05, 0.1) is 12.8 Å². The molecule has 0 heterocycles. The highest BCUT2D eigenvalue weighted by Gasteiger charge is 2.28. The number of hydrogen-bond donors (Lipinski definition) is 1. The normalized spacial score (nSPS) is 12.5. The summed E-state index contributed by atoms with van der Waals surface area (Å²) in [6.45, 7) is 1.54. The molecule has 0 fully saturated rings. The molecule has 2 rings (SSSR count). The van der Waals surface area contributed by atoms with Crippen LogP contribution in [0.15, 0.2) is 48.5 Å². The zero-order chi connectivity index (χ0) is 23.2. The maximum atomic E-state index is 12.9. The van der Waals surface area contributed by atoms with E-state index < -0.39 is 22.0 Å². The molecule has 31 heavy (non-hydrogen) atoms. The minimum atomic E-state index is -3.55. The Bertz CT molecular complexity index is 1030. The average Bonchev–Trinajstić information content (AvgIpc) is 2.71. The number of carbonyl (C=O) groups excluding carboxylic acids is 2. The number of nitrogens with one attached hydrogen (secondary N) is 1. The molecule has 0 aromatic heterocycles. The standard InChI is InChI=1S/C21H25Cl2N3O4S/c1-15(21(28)24-12-17-6-4-5-7-19(17)23)26(13-16-8-10-18(22)11-9-16)20(27)14-25(2)31(3,29)30/h4-11,15H,12-14H2,1-3H3,(H,24,28). The van der Waals surface area contributed by atoms with Gasteiger partial charge in [-0.3, -0.25) is 9.59 Å². The first kappa shape index (κ1) is 25.1. The monoisotopic (exact) mass is 485 g/mol. The molecule has 2 aromatic carbocycles. The Morgan fingerprint density at radius 3 is 2.26 bits per heavy atom. The third kappa shape index (κ3) is 7.50. The summed E-state index contributed by atoms with van der Waals surface area (Å²) in [5.41, 5.74) is 1.50. The third-order valence-electron chi connectivity index (χ3n) is 4.77. The number of hydrogen-bond acceptors (Lipinski definition) is 4. The van der Waals surface area contributed by atoms with Crippen LogP contribution in [0.4, 0.5) is 0 Å². The highest BCUT2D eigenvalue weighted by Crippen LogP contribution is 2.16. The van der Waals surface area contributed by atoms with Gasteiger partial charge in [0.25, 0.3) is 0 Å². The molecule has 0 saturated heterocycles. The molecule has 0 bridgehead atoms. The average molecular weight is 486 g/mol. The van der Waals surface area contributed by atoms with Crippen LogP contribution in [0, 0.1) is 0 Å².